The molecule has 2 aromatic carbocycles. The van der Waals surface area contributed by atoms with Crippen molar-refractivity contribution in [3.8, 4) is 11.4 Å². The molecule has 4 heterocycles. The highest BCUT2D eigenvalue weighted by molar-refractivity contribution is 5.91. The number of ether oxygens (including phenoxy) is 1. The highest BCUT2D eigenvalue weighted by atomic mass is 19.4. The zero-order valence-corrected chi connectivity index (χ0v) is 20.5. The van der Waals surface area contributed by atoms with Gasteiger partial charge in [-0.05, 0) is 48.5 Å². The molecule has 38 heavy (non-hydrogen) atoms. The standard InChI is InChI=1S/C26H25N3O2.C2HF3O2/c30-26-19-7-2-1-6-18(19)16-24-25-22(17-29(24)26)20(21-8-3-4-10-23(21)27-25)9-5-11-28-12-14-31-15-13-28;3-2(4,5)1(6)7/h1-4,6-8,10,16H,5,9,11-15,17H2;(H,6,7). The number of halogens is 3. The van der Waals surface area contributed by atoms with E-state index >= 15 is 0 Å². The molecule has 4 aromatic rings. The van der Waals surface area contributed by atoms with Crippen LogP contribution in [0.25, 0.3) is 33.1 Å². The summed E-state index contributed by atoms with van der Waals surface area (Å²) < 4.78 is 39.1. The minimum absolute atomic E-state index is 0.0782. The lowest BCUT2D eigenvalue weighted by atomic mass is 9.96. The Morgan fingerprint density at radius 2 is 1.68 bits per heavy atom. The Balaban J connectivity index is 0.000000374. The van der Waals surface area contributed by atoms with Crippen molar-refractivity contribution in [3.05, 3.63) is 76.1 Å². The summed E-state index contributed by atoms with van der Waals surface area (Å²) in [6, 6.07) is 18.4. The van der Waals surface area contributed by atoms with E-state index in [4.69, 9.17) is 19.6 Å². The molecule has 0 bridgehead atoms. The second-order valence-electron chi connectivity index (χ2n) is 9.30. The lowest BCUT2D eigenvalue weighted by Gasteiger charge is -2.26. The zero-order chi connectivity index (χ0) is 26.9. The molecule has 2 aliphatic heterocycles. The van der Waals surface area contributed by atoms with Gasteiger partial charge in [0.05, 0.1) is 36.7 Å². The van der Waals surface area contributed by atoms with Crippen molar-refractivity contribution >= 4 is 27.6 Å². The number of carbonyl (C=O) groups is 1. The molecule has 2 aliphatic rings. The molecule has 0 amide bonds. The van der Waals surface area contributed by atoms with Gasteiger partial charge in [-0.3, -0.25) is 9.69 Å². The van der Waals surface area contributed by atoms with Crippen molar-refractivity contribution in [1.82, 2.24) is 14.5 Å². The van der Waals surface area contributed by atoms with Gasteiger partial charge in [-0.15, -0.1) is 0 Å². The molecule has 10 heteroatoms. The van der Waals surface area contributed by atoms with Crippen molar-refractivity contribution in [2.75, 3.05) is 32.8 Å². The number of carboxylic acid groups (broad SMARTS) is 1. The van der Waals surface area contributed by atoms with Crippen LogP contribution in [0.1, 0.15) is 17.5 Å². The van der Waals surface area contributed by atoms with Gasteiger partial charge in [-0.25, -0.2) is 9.78 Å². The molecule has 1 fully saturated rings. The Hall–Kier alpha value is -3.76. The molecule has 0 atom stereocenters. The van der Waals surface area contributed by atoms with Crippen molar-refractivity contribution in [2.45, 2.75) is 25.6 Å². The molecule has 1 saturated heterocycles. The largest absolute Gasteiger partial charge is 0.490 e. The van der Waals surface area contributed by atoms with Crippen LogP contribution in [-0.2, 0) is 22.5 Å². The first kappa shape index (κ1) is 25.9. The lowest BCUT2D eigenvalue weighted by Crippen LogP contribution is -2.37. The van der Waals surface area contributed by atoms with Crippen LogP contribution in [0.3, 0.4) is 0 Å². The van der Waals surface area contributed by atoms with E-state index in [1.165, 1.54) is 16.5 Å². The van der Waals surface area contributed by atoms with Crippen LogP contribution in [0.4, 0.5) is 13.2 Å². The first-order valence-corrected chi connectivity index (χ1v) is 12.4. The third kappa shape index (κ3) is 5.14. The number of para-hydroxylation sites is 1. The highest BCUT2D eigenvalue weighted by Crippen LogP contribution is 2.36. The number of benzene rings is 2. The number of morpholine rings is 1. The lowest BCUT2D eigenvalue weighted by molar-refractivity contribution is -0.192. The summed E-state index contributed by atoms with van der Waals surface area (Å²) in [5.41, 5.74) is 5.57. The predicted molar refractivity (Wildman–Crippen MR) is 137 cm³/mol. The summed E-state index contributed by atoms with van der Waals surface area (Å²) in [5.74, 6) is -2.76. The molecule has 0 spiro atoms. The van der Waals surface area contributed by atoms with E-state index in [2.05, 4.69) is 29.2 Å². The number of nitrogens with zero attached hydrogens (tertiary/aromatic N) is 3. The Morgan fingerprint density at radius 3 is 2.39 bits per heavy atom. The highest BCUT2D eigenvalue weighted by Gasteiger charge is 2.38. The van der Waals surface area contributed by atoms with Gasteiger partial charge in [0.2, 0.25) is 0 Å². The monoisotopic (exact) mass is 525 g/mol. The zero-order valence-electron chi connectivity index (χ0n) is 20.5. The summed E-state index contributed by atoms with van der Waals surface area (Å²) in [4.78, 5) is 29.6. The molecule has 6 rings (SSSR count). The fourth-order valence-electron chi connectivity index (χ4n) is 5.10. The number of alkyl halides is 3. The number of aromatic nitrogens is 2. The quantitative estimate of drug-likeness (QED) is 0.373. The van der Waals surface area contributed by atoms with Gasteiger partial charge >= 0.3 is 12.1 Å². The van der Waals surface area contributed by atoms with Gasteiger partial charge < -0.3 is 14.4 Å². The fourth-order valence-corrected chi connectivity index (χ4v) is 5.10. The van der Waals surface area contributed by atoms with Gasteiger partial charge in [0.25, 0.3) is 5.56 Å². The number of rotatable bonds is 4. The van der Waals surface area contributed by atoms with E-state index in [9.17, 15) is 18.0 Å². The van der Waals surface area contributed by atoms with Crippen LogP contribution in [0.2, 0.25) is 0 Å². The van der Waals surface area contributed by atoms with Crippen LogP contribution in [0.15, 0.2) is 59.4 Å². The molecular formula is C28H26F3N3O4. The van der Waals surface area contributed by atoms with E-state index in [1.807, 2.05) is 34.9 Å². The number of pyridine rings is 2. The topological polar surface area (TPSA) is 84.7 Å². The molecule has 0 aliphatic carbocycles. The number of aryl methyl sites for hydroxylation is 1. The predicted octanol–water partition coefficient (Wildman–Crippen LogP) is 4.48. The molecule has 0 saturated carbocycles. The van der Waals surface area contributed by atoms with E-state index in [1.54, 1.807) is 0 Å². The smallest absolute Gasteiger partial charge is 0.475 e. The van der Waals surface area contributed by atoms with Gasteiger partial charge in [-0.2, -0.15) is 13.2 Å². The van der Waals surface area contributed by atoms with Crippen molar-refractivity contribution < 1.29 is 27.8 Å². The first-order valence-electron chi connectivity index (χ1n) is 12.4. The number of hydrogen-bond acceptors (Lipinski definition) is 5. The average molecular weight is 526 g/mol. The van der Waals surface area contributed by atoms with E-state index in [0.717, 1.165) is 73.4 Å². The number of aliphatic carboxylic acids is 1. The van der Waals surface area contributed by atoms with Crippen LogP contribution < -0.4 is 5.56 Å². The molecule has 1 N–H and O–H groups in total. The SMILES string of the molecule is O=C(O)C(F)(F)F.O=c1c2ccccc2cc2n1Cc1c-2nc2ccccc2c1CCCN1CCOCC1. The minimum atomic E-state index is -5.08. The van der Waals surface area contributed by atoms with E-state index in [-0.39, 0.29) is 5.56 Å². The van der Waals surface area contributed by atoms with E-state index < -0.39 is 12.1 Å². The van der Waals surface area contributed by atoms with Crippen LogP contribution in [0.5, 0.6) is 0 Å². The number of fused-ring (bicyclic) bond motifs is 5. The molecule has 198 valence electrons. The molecule has 2 aromatic heterocycles. The summed E-state index contributed by atoms with van der Waals surface area (Å²) in [5, 5.41) is 10.1. The maximum Gasteiger partial charge on any atom is 0.490 e. The maximum atomic E-state index is 13.2. The van der Waals surface area contributed by atoms with Crippen LogP contribution >= 0.6 is 0 Å². The first-order chi connectivity index (χ1) is 18.2. The van der Waals surface area contributed by atoms with Crippen molar-refractivity contribution in [2.24, 2.45) is 0 Å². The fraction of sp³-hybridized carbons (Fsp3) is 0.321. The second-order valence-corrected chi connectivity index (χ2v) is 9.30. The minimum Gasteiger partial charge on any atom is -0.475 e. The summed E-state index contributed by atoms with van der Waals surface area (Å²) >= 11 is 0. The van der Waals surface area contributed by atoms with Crippen LogP contribution in [-0.4, -0.2) is 64.6 Å². The van der Waals surface area contributed by atoms with Crippen LogP contribution in [0, 0.1) is 0 Å². The third-order valence-corrected chi connectivity index (χ3v) is 6.94. The number of carboxylic acids is 1. The number of hydrogen-bond donors (Lipinski definition) is 1. The maximum absolute atomic E-state index is 13.2. The normalized spacial score (nSPS) is 15.1. The van der Waals surface area contributed by atoms with Crippen molar-refractivity contribution in [1.29, 1.82) is 0 Å². The third-order valence-electron chi connectivity index (χ3n) is 6.94. The van der Waals surface area contributed by atoms with Gasteiger partial charge in [-0.1, -0.05) is 36.4 Å². The summed E-state index contributed by atoms with van der Waals surface area (Å²) in [7, 11) is 0. The van der Waals surface area contributed by atoms with Gasteiger partial charge in [0.15, 0.2) is 0 Å². The van der Waals surface area contributed by atoms with Crippen molar-refractivity contribution in [3.63, 3.8) is 0 Å². The van der Waals surface area contributed by atoms with Gasteiger partial charge in [0, 0.05) is 29.4 Å². The average Bonchev–Trinajstić information content (AvgIpc) is 3.27. The Labute approximate surface area is 216 Å². The Kier molecular flexibility index (Phi) is 7.18. The summed E-state index contributed by atoms with van der Waals surface area (Å²) in [6.07, 6.45) is -3.00. The molecule has 0 unspecified atom stereocenters. The second kappa shape index (κ2) is 10.5. The Bertz CT molecular complexity index is 1560. The van der Waals surface area contributed by atoms with Gasteiger partial charge in [0.1, 0.15) is 0 Å². The molecule has 7 nitrogen and oxygen atoms in total. The summed E-state index contributed by atoms with van der Waals surface area (Å²) in [6.45, 7) is 5.38. The molecular weight excluding hydrogens is 499 g/mol. The Morgan fingerprint density at radius 1 is 1.03 bits per heavy atom. The molecule has 0 radical (unpaired) electrons. The van der Waals surface area contributed by atoms with E-state index in [0.29, 0.717) is 6.54 Å².